The second-order valence-corrected chi connectivity index (χ2v) is 6.54. The largest absolute Gasteiger partial charge is 0.367 e. The molecule has 2 fully saturated rings. The molecule has 1 atom stereocenters. The zero-order chi connectivity index (χ0) is 16.2. The van der Waals surface area contributed by atoms with E-state index in [0.717, 1.165) is 52.1 Å². The van der Waals surface area contributed by atoms with Crippen LogP contribution < -0.4 is 4.90 Å². The van der Waals surface area contributed by atoms with Crippen molar-refractivity contribution in [1.82, 2.24) is 9.80 Å². The standard InChI is InChI=1S/C18H26FN3O/c1-15(18(23)22-9-5-2-6-10-22)20-11-13-21(14-12-20)17-8-4-3-7-16(17)19/h3-4,7-8,15H,2,5-6,9-14H2,1H3. The summed E-state index contributed by atoms with van der Waals surface area (Å²) >= 11 is 0. The van der Waals surface area contributed by atoms with Crippen molar-refractivity contribution in [3.63, 3.8) is 0 Å². The average Bonchev–Trinajstić information content (AvgIpc) is 2.62. The van der Waals surface area contributed by atoms with Crippen molar-refractivity contribution in [1.29, 1.82) is 0 Å². The minimum Gasteiger partial charge on any atom is -0.367 e. The maximum absolute atomic E-state index is 13.9. The van der Waals surface area contributed by atoms with Crippen LogP contribution in [0.25, 0.3) is 0 Å². The zero-order valence-corrected chi connectivity index (χ0v) is 13.9. The summed E-state index contributed by atoms with van der Waals surface area (Å²) in [5.41, 5.74) is 0.669. The molecule has 4 nitrogen and oxygen atoms in total. The molecule has 0 saturated carbocycles. The van der Waals surface area contributed by atoms with Crippen LogP contribution in [0.5, 0.6) is 0 Å². The Bertz CT molecular complexity index is 537. The number of benzene rings is 1. The smallest absolute Gasteiger partial charge is 0.239 e. The second-order valence-electron chi connectivity index (χ2n) is 6.54. The van der Waals surface area contributed by atoms with Crippen LogP contribution in [0.15, 0.2) is 24.3 Å². The molecule has 0 spiro atoms. The van der Waals surface area contributed by atoms with Gasteiger partial charge in [-0.3, -0.25) is 9.69 Å². The van der Waals surface area contributed by atoms with Crippen molar-refractivity contribution in [3.8, 4) is 0 Å². The second kappa shape index (κ2) is 7.30. The number of halogens is 1. The van der Waals surface area contributed by atoms with E-state index in [0.29, 0.717) is 5.69 Å². The molecule has 0 radical (unpaired) electrons. The maximum atomic E-state index is 13.9. The normalized spacial score (nSPS) is 21.3. The predicted molar refractivity (Wildman–Crippen MR) is 90.1 cm³/mol. The van der Waals surface area contributed by atoms with Gasteiger partial charge in [-0.2, -0.15) is 0 Å². The van der Waals surface area contributed by atoms with Crippen LogP contribution in [0.1, 0.15) is 26.2 Å². The summed E-state index contributed by atoms with van der Waals surface area (Å²) in [6.07, 6.45) is 3.48. The van der Waals surface area contributed by atoms with E-state index < -0.39 is 0 Å². The fraction of sp³-hybridized carbons (Fsp3) is 0.611. The van der Waals surface area contributed by atoms with Gasteiger partial charge in [-0.05, 0) is 38.3 Å². The third-order valence-electron chi connectivity index (χ3n) is 5.08. The zero-order valence-electron chi connectivity index (χ0n) is 13.9. The Morgan fingerprint density at radius 3 is 2.30 bits per heavy atom. The molecule has 5 heteroatoms. The lowest BCUT2D eigenvalue weighted by Crippen LogP contribution is -2.55. The number of hydrogen-bond donors (Lipinski definition) is 0. The molecule has 1 aromatic rings. The molecule has 2 aliphatic heterocycles. The van der Waals surface area contributed by atoms with E-state index in [4.69, 9.17) is 0 Å². The molecule has 2 aliphatic rings. The summed E-state index contributed by atoms with van der Waals surface area (Å²) < 4.78 is 13.9. The van der Waals surface area contributed by atoms with E-state index in [1.165, 1.54) is 12.5 Å². The highest BCUT2D eigenvalue weighted by atomic mass is 19.1. The van der Waals surface area contributed by atoms with Gasteiger partial charge in [0.05, 0.1) is 11.7 Å². The molecule has 1 aromatic carbocycles. The van der Waals surface area contributed by atoms with E-state index in [9.17, 15) is 9.18 Å². The van der Waals surface area contributed by atoms with Crippen molar-refractivity contribution >= 4 is 11.6 Å². The van der Waals surface area contributed by atoms with Gasteiger partial charge >= 0.3 is 0 Å². The Balaban J connectivity index is 1.56. The van der Waals surface area contributed by atoms with Gasteiger partial charge in [0.15, 0.2) is 0 Å². The van der Waals surface area contributed by atoms with Crippen molar-refractivity contribution < 1.29 is 9.18 Å². The van der Waals surface area contributed by atoms with E-state index in [1.807, 2.05) is 24.0 Å². The highest BCUT2D eigenvalue weighted by molar-refractivity contribution is 5.81. The monoisotopic (exact) mass is 319 g/mol. The van der Waals surface area contributed by atoms with Crippen molar-refractivity contribution in [2.24, 2.45) is 0 Å². The first-order valence-electron chi connectivity index (χ1n) is 8.69. The number of para-hydroxylation sites is 1. The predicted octanol–water partition coefficient (Wildman–Crippen LogP) is 2.35. The lowest BCUT2D eigenvalue weighted by atomic mass is 10.1. The number of carbonyl (C=O) groups excluding carboxylic acids is 1. The molecule has 3 rings (SSSR count). The van der Waals surface area contributed by atoms with E-state index in [2.05, 4.69) is 9.80 Å². The first-order chi connectivity index (χ1) is 11.2. The summed E-state index contributed by atoms with van der Waals surface area (Å²) in [5.74, 6) is 0.0856. The molecule has 0 bridgehead atoms. The minimum absolute atomic E-state index is 0.0733. The summed E-state index contributed by atoms with van der Waals surface area (Å²) in [7, 11) is 0. The third kappa shape index (κ3) is 3.66. The molecule has 0 aromatic heterocycles. The molecule has 1 unspecified atom stereocenters. The lowest BCUT2D eigenvalue weighted by Gasteiger charge is -2.40. The fourth-order valence-corrected chi connectivity index (χ4v) is 3.59. The number of nitrogens with zero attached hydrogens (tertiary/aromatic N) is 3. The number of anilines is 1. The highest BCUT2D eigenvalue weighted by Gasteiger charge is 2.29. The Morgan fingerprint density at radius 1 is 1.00 bits per heavy atom. The fourth-order valence-electron chi connectivity index (χ4n) is 3.59. The number of piperazine rings is 1. The van der Waals surface area contributed by atoms with Gasteiger partial charge in [0.25, 0.3) is 0 Å². The summed E-state index contributed by atoms with van der Waals surface area (Å²) in [4.78, 5) is 18.9. The molecule has 126 valence electrons. The van der Waals surface area contributed by atoms with Gasteiger partial charge < -0.3 is 9.80 Å². The van der Waals surface area contributed by atoms with Crippen LogP contribution >= 0.6 is 0 Å². The van der Waals surface area contributed by atoms with Gasteiger partial charge in [0.1, 0.15) is 5.82 Å². The van der Waals surface area contributed by atoms with Crippen LogP contribution in [0.4, 0.5) is 10.1 Å². The third-order valence-corrected chi connectivity index (χ3v) is 5.08. The topological polar surface area (TPSA) is 26.8 Å². The van der Waals surface area contributed by atoms with Crippen molar-refractivity contribution in [2.45, 2.75) is 32.2 Å². The van der Waals surface area contributed by atoms with E-state index in [1.54, 1.807) is 6.07 Å². The van der Waals surface area contributed by atoms with Crippen LogP contribution in [0.3, 0.4) is 0 Å². The Morgan fingerprint density at radius 2 is 1.65 bits per heavy atom. The number of carbonyl (C=O) groups is 1. The first kappa shape index (κ1) is 16.2. The Hall–Kier alpha value is -1.62. The van der Waals surface area contributed by atoms with Crippen molar-refractivity contribution in [2.75, 3.05) is 44.2 Å². The summed E-state index contributed by atoms with van der Waals surface area (Å²) in [6.45, 7) is 6.94. The number of likely N-dealkylation sites (tertiary alicyclic amines) is 1. The molecule has 0 N–H and O–H groups in total. The summed E-state index contributed by atoms with van der Waals surface area (Å²) in [6, 6.07) is 6.84. The van der Waals surface area contributed by atoms with Gasteiger partial charge in [0, 0.05) is 39.3 Å². The number of rotatable bonds is 3. The number of amides is 1. The van der Waals surface area contributed by atoms with E-state index >= 15 is 0 Å². The lowest BCUT2D eigenvalue weighted by molar-refractivity contribution is -0.137. The van der Waals surface area contributed by atoms with Gasteiger partial charge in [0.2, 0.25) is 5.91 Å². The number of piperidine rings is 1. The molecule has 2 saturated heterocycles. The summed E-state index contributed by atoms with van der Waals surface area (Å²) in [5, 5.41) is 0. The number of hydrogen-bond acceptors (Lipinski definition) is 3. The molecule has 23 heavy (non-hydrogen) atoms. The molecular formula is C18H26FN3O. The van der Waals surface area contributed by atoms with Gasteiger partial charge in [-0.1, -0.05) is 12.1 Å². The first-order valence-corrected chi connectivity index (χ1v) is 8.69. The van der Waals surface area contributed by atoms with Crippen LogP contribution in [-0.4, -0.2) is 61.0 Å². The Kier molecular flexibility index (Phi) is 5.16. The van der Waals surface area contributed by atoms with Crippen LogP contribution in [-0.2, 0) is 4.79 Å². The molecule has 2 heterocycles. The minimum atomic E-state index is -0.168. The Labute approximate surface area is 137 Å². The SMILES string of the molecule is CC(C(=O)N1CCCCC1)N1CCN(c2ccccc2F)CC1. The van der Waals surface area contributed by atoms with Crippen LogP contribution in [0, 0.1) is 5.82 Å². The van der Waals surface area contributed by atoms with Crippen LogP contribution in [0.2, 0.25) is 0 Å². The van der Waals surface area contributed by atoms with Crippen molar-refractivity contribution in [3.05, 3.63) is 30.1 Å². The van der Waals surface area contributed by atoms with Gasteiger partial charge in [-0.25, -0.2) is 4.39 Å². The van der Waals surface area contributed by atoms with Gasteiger partial charge in [-0.15, -0.1) is 0 Å². The molecule has 1 amide bonds. The molecule has 0 aliphatic carbocycles. The maximum Gasteiger partial charge on any atom is 0.239 e. The quantitative estimate of drug-likeness (QED) is 0.856. The highest BCUT2D eigenvalue weighted by Crippen LogP contribution is 2.21. The average molecular weight is 319 g/mol. The molecular weight excluding hydrogens is 293 g/mol. The van der Waals surface area contributed by atoms with E-state index in [-0.39, 0.29) is 17.8 Å².